The summed E-state index contributed by atoms with van der Waals surface area (Å²) in [4.78, 5) is 11.8. The quantitative estimate of drug-likeness (QED) is 0.727. The highest BCUT2D eigenvalue weighted by Crippen LogP contribution is 2.10. The number of nitrogens with one attached hydrogen (secondary N) is 1. The van der Waals surface area contributed by atoms with E-state index in [0.29, 0.717) is 25.3 Å². The molecule has 0 aliphatic rings. The first-order valence-electron chi connectivity index (χ1n) is 5.69. The molecular formula is C13H19NO3. The Balaban J connectivity index is 2.44. The summed E-state index contributed by atoms with van der Waals surface area (Å²) in [6.07, 6.45) is 0. The van der Waals surface area contributed by atoms with Gasteiger partial charge in [0.25, 0.3) is 5.91 Å². The summed E-state index contributed by atoms with van der Waals surface area (Å²) in [5.74, 6) is -0.0844. The van der Waals surface area contributed by atoms with Crippen molar-refractivity contribution in [2.24, 2.45) is 0 Å². The fourth-order valence-electron chi connectivity index (χ4n) is 1.48. The van der Waals surface area contributed by atoms with Crippen molar-refractivity contribution < 1.29 is 14.6 Å². The van der Waals surface area contributed by atoms with Crippen molar-refractivity contribution in [3.63, 3.8) is 0 Å². The Morgan fingerprint density at radius 1 is 1.35 bits per heavy atom. The van der Waals surface area contributed by atoms with Crippen LogP contribution in [0, 0.1) is 13.8 Å². The van der Waals surface area contributed by atoms with Crippen LogP contribution in [0.5, 0.6) is 0 Å². The van der Waals surface area contributed by atoms with Gasteiger partial charge in [0.1, 0.15) is 0 Å². The summed E-state index contributed by atoms with van der Waals surface area (Å²) in [5.41, 5.74) is 2.73. The number of benzene rings is 1. The van der Waals surface area contributed by atoms with Crippen molar-refractivity contribution in [1.29, 1.82) is 0 Å². The molecule has 1 rings (SSSR count). The van der Waals surface area contributed by atoms with Crippen molar-refractivity contribution in [3.05, 3.63) is 34.9 Å². The van der Waals surface area contributed by atoms with Crippen LogP contribution in [0.15, 0.2) is 18.2 Å². The lowest BCUT2D eigenvalue weighted by molar-refractivity contribution is 0.0837. The van der Waals surface area contributed by atoms with Gasteiger partial charge >= 0.3 is 0 Å². The minimum absolute atomic E-state index is 0.00490. The largest absolute Gasteiger partial charge is 0.394 e. The fourth-order valence-corrected chi connectivity index (χ4v) is 1.48. The zero-order chi connectivity index (χ0) is 12.7. The van der Waals surface area contributed by atoms with Crippen molar-refractivity contribution in [2.45, 2.75) is 13.8 Å². The van der Waals surface area contributed by atoms with E-state index in [4.69, 9.17) is 9.84 Å². The van der Waals surface area contributed by atoms with Crippen molar-refractivity contribution in [2.75, 3.05) is 26.4 Å². The number of aryl methyl sites for hydroxylation is 2. The van der Waals surface area contributed by atoms with Gasteiger partial charge in [-0.25, -0.2) is 0 Å². The van der Waals surface area contributed by atoms with Crippen molar-refractivity contribution in [3.8, 4) is 0 Å². The van der Waals surface area contributed by atoms with E-state index in [2.05, 4.69) is 5.32 Å². The third-order valence-electron chi connectivity index (χ3n) is 2.41. The molecule has 2 N–H and O–H groups in total. The van der Waals surface area contributed by atoms with E-state index in [1.807, 2.05) is 32.0 Å². The highest BCUT2D eigenvalue weighted by molar-refractivity contribution is 5.95. The minimum atomic E-state index is -0.0844. The van der Waals surface area contributed by atoms with Crippen LogP contribution < -0.4 is 5.32 Å². The lowest BCUT2D eigenvalue weighted by Crippen LogP contribution is -2.28. The average molecular weight is 237 g/mol. The number of rotatable bonds is 6. The third-order valence-corrected chi connectivity index (χ3v) is 2.41. The molecule has 1 aromatic rings. The van der Waals surface area contributed by atoms with Gasteiger partial charge in [0.15, 0.2) is 0 Å². The Labute approximate surface area is 102 Å². The predicted octanol–water partition coefficient (Wildman–Crippen LogP) is 1.04. The zero-order valence-corrected chi connectivity index (χ0v) is 10.3. The van der Waals surface area contributed by atoms with Gasteiger partial charge in [-0.3, -0.25) is 4.79 Å². The van der Waals surface area contributed by atoms with E-state index in [1.54, 1.807) is 0 Å². The maximum atomic E-state index is 11.8. The van der Waals surface area contributed by atoms with Gasteiger partial charge in [-0.15, -0.1) is 0 Å². The first kappa shape index (κ1) is 13.7. The number of amides is 1. The van der Waals surface area contributed by atoms with Gasteiger partial charge in [-0.1, -0.05) is 17.7 Å². The molecule has 0 saturated heterocycles. The lowest BCUT2D eigenvalue weighted by Gasteiger charge is -2.08. The molecular weight excluding hydrogens is 218 g/mol. The van der Waals surface area contributed by atoms with Gasteiger partial charge in [0, 0.05) is 12.1 Å². The topological polar surface area (TPSA) is 58.6 Å². The highest BCUT2D eigenvalue weighted by atomic mass is 16.5. The van der Waals surface area contributed by atoms with E-state index in [1.165, 1.54) is 0 Å². The molecule has 0 fully saturated rings. The molecule has 17 heavy (non-hydrogen) atoms. The van der Waals surface area contributed by atoms with Crippen LogP contribution in [0.4, 0.5) is 0 Å². The minimum Gasteiger partial charge on any atom is -0.394 e. The summed E-state index contributed by atoms with van der Waals surface area (Å²) in [5, 5.41) is 11.3. The zero-order valence-electron chi connectivity index (χ0n) is 10.3. The van der Waals surface area contributed by atoms with Crippen LogP contribution in [0.25, 0.3) is 0 Å². The second-order valence-electron chi connectivity index (χ2n) is 3.91. The summed E-state index contributed by atoms with van der Waals surface area (Å²) < 4.78 is 5.06. The summed E-state index contributed by atoms with van der Waals surface area (Å²) in [6.45, 7) is 5.05. The van der Waals surface area contributed by atoms with E-state index in [-0.39, 0.29) is 12.5 Å². The van der Waals surface area contributed by atoms with Crippen molar-refractivity contribution >= 4 is 5.91 Å². The average Bonchev–Trinajstić information content (AvgIpc) is 2.32. The molecule has 0 saturated carbocycles. The molecule has 0 aliphatic carbocycles. The summed E-state index contributed by atoms with van der Waals surface area (Å²) >= 11 is 0. The normalized spacial score (nSPS) is 10.3. The fraction of sp³-hybridized carbons (Fsp3) is 0.462. The van der Waals surface area contributed by atoms with Gasteiger partial charge in [-0.2, -0.15) is 0 Å². The number of aliphatic hydroxyl groups excluding tert-OH is 1. The molecule has 0 spiro atoms. The molecule has 0 radical (unpaired) electrons. The monoisotopic (exact) mass is 237 g/mol. The van der Waals surface area contributed by atoms with Gasteiger partial charge in [-0.05, 0) is 25.5 Å². The molecule has 1 amide bonds. The summed E-state index contributed by atoms with van der Waals surface area (Å²) in [6, 6.07) is 5.79. The van der Waals surface area contributed by atoms with E-state index >= 15 is 0 Å². The number of hydrogen-bond donors (Lipinski definition) is 2. The smallest absolute Gasteiger partial charge is 0.251 e. The summed E-state index contributed by atoms with van der Waals surface area (Å²) in [7, 11) is 0. The Morgan fingerprint density at radius 2 is 2.12 bits per heavy atom. The second-order valence-corrected chi connectivity index (χ2v) is 3.91. The predicted molar refractivity (Wildman–Crippen MR) is 66.2 cm³/mol. The van der Waals surface area contributed by atoms with Crippen LogP contribution >= 0.6 is 0 Å². The first-order chi connectivity index (χ1) is 8.15. The molecule has 94 valence electrons. The van der Waals surface area contributed by atoms with Crippen LogP contribution in [-0.2, 0) is 4.74 Å². The SMILES string of the molecule is Cc1ccc(C)c(C(=O)NCCOCCO)c1. The number of hydrogen-bond acceptors (Lipinski definition) is 3. The van der Waals surface area contributed by atoms with Crippen LogP contribution in [-0.4, -0.2) is 37.4 Å². The van der Waals surface area contributed by atoms with Crippen LogP contribution in [0.2, 0.25) is 0 Å². The molecule has 0 aliphatic heterocycles. The third kappa shape index (κ3) is 4.54. The van der Waals surface area contributed by atoms with E-state index in [9.17, 15) is 4.79 Å². The van der Waals surface area contributed by atoms with E-state index in [0.717, 1.165) is 11.1 Å². The molecule has 0 bridgehead atoms. The first-order valence-corrected chi connectivity index (χ1v) is 5.69. The maximum absolute atomic E-state index is 11.8. The molecule has 0 unspecified atom stereocenters. The Morgan fingerprint density at radius 3 is 2.82 bits per heavy atom. The Bertz CT molecular complexity index is 377. The number of aliphatic hydroxyl groups is 1. The van der Waals surface area contributed by atoms with Crippen LogP contribution in [0.1, 0.15) is 21.5 Å². The van der Waals surface area contributed by atoms with Gasteiger partial charge in [0.2, 0.25) is 0 Å². The number of carbonyl (C=O) groups excluding carboxylic acids is 1. The molecule has 4 nitrogen and oxygen atoms in total. The highest BCUT2D eigenvalue weighted by Gasteiger charge is 2.07. The van der Waals surface area contributed by atoms with Crippen LogP contribution in [0.3, 0.4) is 0 Å². The molecule has 4 heteroatoms. The molecule has 1 aromatic carbocycles. The Kier molecular flexibility index (Phi) is 5.66. The van der Waals surface area contributed by atoms with E-state index < -0.39 is 0 Å². The number of ether oxygens (including phenoxy) is 1. The molecule has 0 heterocycles. The Hall–Kier alpha value is -1.39. The molecule has 0 aromatic heterocycles. The van der Waals surface area contributed by atoms with Gasteiger partial charge < -0.3 is 15.2 Å². The lowest BCUT2D eigenvalue weighted by atomic mass is 10.1. The number of carbonyl (C=O) groups is 1. The maximum Gasteiger partial charge on any atom is 0.251 e. The van der Waals surface area contributed by atoms with Gasteiger partial charge in [0.05, 0.1) is 19.8 Å². The molecule has 0 atom stereocenters. The van der Waals surface area contributed by atoms with Crippen molar-refractivity contribution in [1.82, 2.24) is 5.32 Å². The second kappa shape index (κ2) is 7.04. The standard InChI is InChI=1S/C13H19NO3/c1-10-3-4-11(2)12(9-10)13(16)14-5-7-17-8-6-15/h3-4,9,15H,5-8H2,1-2H3,(H,14,16).